The summed E-state index contributed by atoms with van der Waals surface area (Å²) in [5, 5.41) is 0.656. The Morgan fingerprint density at radius 3 is 2.52 bits per heavy atom. The van der Waals surface area contributed by atoms with Crippen molar-refractivity contribution in [2.24, 2.45) is 0 Å². The minimum atomic E-state index is 0.155. The van der Waals surface area contributed by atoms with E-state index < -0.39 is 0 Å². The van der Waals surface area contributed by atoms with Crippen molar-refractivity contribution in [3.8, 4) is 0 Å². The average molecular weight is 302 g/mol. The number of hydrogen-bond donors (Lipinski definition) is 0. The molecule has 0 N–H and O–H groups in total. The van der Waals surface area contributed by atoms with Gasteiger partial charge in [-0.1, -0.05) is 41.4 Å². The lowest BCUT2D eigenvalue weighted by Gasteiger charge is -2.16. The van der Waals surface area contributed by atoms with E-state index in [0.717, 1.165) is 18.7 Å². The van der Waals surface area contributed by atoms with Gasteiger partial charge in [-0.3, -0.25) is 4.79 Å². The van der Waals surface area contributed by atoms with Crippen LogP contribution in [-0.4, -0.2) is 24.3 Å². The molecule has 2 nitrogen and oxygen atoms in total. The van der Waals surface area contributed by atoms with Crippen LogP contribution in [0.15, 0.2) is 48.5 Å². The fourth-order valence-corrected chi connectivity index (χ4v) is 2.40. The zero-order valence-electron chi connectivity index (χ0n) is 12.5. The molecule has 0 aromatic heterocycles. The van der Waals surface area contributed by atoms with E-state index in [4.69, 9.17) is 11.6 Å². The van der Waals surface area contributed by atoms with Gasteiger partial charge in [0.15, 0.2) is 5.78 Å². The van der Waals surface area contributed by atoms with Crippen molar-refractivity contribution in [1.29, 1.82) is 0 Å². The number of benzene rings is 2. The zero-order valence-corrected chi connectivity index (χ0v) is 13.2. The Kier molecular flexibility index (Phi) is 5.54. The van der Waals surface area contributed by atoms with Crippen LogP contribution in [0.2, 0.25) is 5.02 Å². The third-order valence-electron chi connectivity index (χ3n) is 3.42. The summed E-state index contributed by atoms with van der Waals surface area (Å²) in [6.45, 7) is 3.69. The zero-order chi connectivity index (χ0) is 15.2. The smallest absolute Gasteiger partial charge is 0.164 e. The summed E-state index contributed by atoms with van der Waals surface area (Å²) >= 11 is 5.83. The number of Topliss-reactive ketones (excluding diaryl/α,β-unsaturated/α-hetero) is 1. The van der Waals surface area contributed by atoms with Crippen LogP contribution in [0.1, 0.15) is 27.9 Å². The summed E-state index contributed by atoms with van der Waals surface area (Å²) in [6.07, 6.45) is 0.518. The maximum atomic E-state index is 12.1. The first-order valence-corrected chi connectivity index (χ1v) is 7.45. The first-order chi connectivity index (χ1) is 10.0. The van der Waals surface area contributed by atoms with Crippen LogP contribution in [0, 0.1) is 6.92 Å². The molecule has 3 heteroatoms. The largest absolute Gasteiger partial charge is 0.302 e. The first-order valence-electron chi connectivity index (χ1n) is 7.07. The quantitative estimate of drug-likeness (QED) is 0.739. The van der Waals surface area contributed by atoms with Gasteiger partial charge in [0, 0.05) is 30.1 Å². The molecule has 0 spiro atoms. The molecule has 0 atom stereocenters. The molecule has 0 saturated heterocycles. The number of rotatable bonds is 6. The highest BCUT2D eigenvalue weighted by molar-refractivity contribution is 6.30. The van der Waals surface area contributed by atoms with Gasteiger partial charge in [0.25, 0.3) is 0 Å². The van der Waals surface area contributed by atoms with E-state index >= 15 is 0 Å². The molecule has 110 valence electrons. The number of ketones is 1. The first kappa shape index (κ1) is 15.7. The number of carbonyl (C=O) groups is 1. The van der Waals surface area contributed by atoms with Gasteiger partial charge in [-0.05, 0) is 43.8 Å². The van der Waals surface area contributed by atoms with Gasteiger partial charge >= 0.3 is 0 Å². The molecule has 0 unspecified atom stereocenters. The number of hydrogen-bond acceptors (Lipinski definition) is 2. The van der Waals surface area contributed by atoms with E-state index in [-0.39, 0.29) is 5.78 Å². The van der Waals surface area contributed by atoms with Gasteiger partial charge in [-0.15, -0.1) is 0 Å². The maximum absolute atomic E-state index is 12.1. The molecule has 0 bridgehead atoms. The van der Waals surface area contributed by atoms with Crippen molar-refractivity contribution in [2.45, 2.75) is 19.9 Å². The van der Waals surface area contributed by atoms with Crippen molar-refractivity contribution >= 4 is 17.4 Å². The second-order valence-corrected chi connectivity index (χ2v) is 5.84. The van der Waals surface area contributed by atoms with Crippen LogP contribution in [-0.2, 0) is 6.54 Å². The van der Waals surface area contributed by atoms with E-state index in [0.29, 0.717) is 11.4 Å². The van der Waals surface area contributed by atoms with Crippen LogP contribution in [0.5, 0.6) is 0 Å². The Hall–Kier alpha value is -1.64. The summed E-state index contributed by atoms with van der Waals surface area (Å²) in [5.41, 5.74) is 3.26. The molecular weight excluding hydrogens is 282 g/mol. The number of nitrogens with zero attached hydrogens (tertiary/aromatic N) is 1. The Morgan fingerprint density at radius 2 is 1.86 bits per heavy atom. The van der Waals surface area contributed by atoms with E-state index in [2.05, 4.69) is 36.1 Å². The predicted molar refractivity (Wildman–Crippen MR) is 87.9 cm³/mol. The molecule has 0 aliphatic rings. The normalized spacial score (nSPS) is 10.9. The number of aryl methyl sites for hydroxylation is 1. The van der Waals surface area contributed by atoms with E-state index in [1.54, 1.807) is 24.3 Å². The van der Waals surface area contributed by atoms with Crippen LogP contribution < -0.4 is 0 Å². The van der Waals surface area contributed by atoms with Crippen molar-refractivity contribution in [1.82, 2.24) is 4.90 Å². The molecule has 0 amide bonds. The molecule has 0 aliphatic heterocycles. The summed E-state index contributed by atoms with van der Waals surface area (Å²) < 4.78 is 0. The van der Waals surface area contributed by atoms with Crippen LogP contribution >= 0.6 is 11.6 Å². The molecular formula is C18H20ClNO. The van der Waals surface area contributed by atoms with Gasteiger partial charge in [0.1, 0.15) is 0 Å². The van der Waals surface area contributed by atoms with Crippen LogP contribution in [0.4, 0.5) is 0 Å². The molecule has 0 aliphatic carbocycles. The van der Waals surface area contributed by atoms with Crippen molar-refractivity contribution < 1.29 is 4.79 Å². The lowest BCUT2D eigenvalue weighted by atomic mass is 10.1. The second-order valence-electron chi connectivity index (χ2n) is 5.41. The Bertz CT molecular complexity index is 607. The third-order valence-corrected chi connectivity index (χ3v) is 3.67. The second kappa shape index (κ2) is 7.39. The highest BCUT2D eigenvalue weighted by Gasteiger charge is 2.08. The fourth-order valence-electron chi connectivity index (χ4n) is 2.27. The summed E-state index contributed by atoms with van der Waals surface area (Å²) in [6, 6.07) is 15.5. The van der Waals surface area contributed by atoms with Gasteiger partial charge in [0.2, 0.25) is 0 Å². The van der Waals surface area contributed by atoms with Crippen molar-refractivity contribution in [3.63, 3.8) is 0 Å². The molecule has 0 fully saturated rings. The lowest BCUT2D eigenvalue weighted by Crippen LogP contribution is -2.21. The van der Waals surface area contributed by atoms with Crippen LogP contribution in [0.3, 0.4) is 0 Å². The summed E-state index contributed by atoms with van der Waals surface area (Å²) in [7, 11) is 2.04. The minimum Gasteiger partial charge on any atom is -0.302 e. The average Bonchev–Trinajstić information content (AvgIpc) is 2.45. The monoisotopic (exact) mass is 301 g/mol. The van der Waals surface area contributed by atoms with Gasteiger partial charge in [-0.2, -0.15) is 0 Å². The molecule has 2 aromatic carbocycles. The summed E-state index contributed by atoms with van der Waals surface area (Å²) in [5.74, 6) is 0.155. The van der Waals surface area contributed by atoms with Gasteiger partial charge < -0.3 is 4.90 Å². The molecule has 21 heavy (non-hydrogen) atoms. The number of carbonyl (C=O) groups excluding carboxylic acids is 1. The van der Waals surface area contributed by atoms with E-state index in [9.17, 15) is 4.79 Å². The topological polar surface area (TPSA) is 20.3 Å². The SMILES string of the molecule is Cc1cccc(CN(C)CCC(=O)c2ccc(Cl)cc2)c1. The highest BCUT2D eigenvalue weighted by atomic mass is 35.5. The molecule has 0 saturated carbocycles. The Balaban J connectivity index is 1.84. The standard InChI is InChI=1S/C18H20ClNO/c1-14-4-3-5-15(12-14)13-20(2)11-10-18(21)16-6-8-17(19)9-7-16/h3-9,12H,10-11,13H2,1-2H3. The van der Waals surface area contributed by atoms with E-state index in [1.165, 1.54) is 11.1 Å². The van der Waals surface area contributed by atoms with Crippen molar-refractivity contribution in [3.05, 3.63) is 70.2 Å². The number of halogens is 1. The Morgan fingerprint density at radius 1 is 1.14 bits per heavy atom. The molecule has 0 heterocycles. The third kappa shape index (κ3) is 5.00. The van der Waals surface area contributed by atoms with Gasteiger partial charge in [0.05, 0.1) is 0 Å². The maximum Gasteiger partial charge on any atom is 0.164 e. The molecule has 2 aromatic rings. The fraction of sp³-hybridized carbons (Fsp3) is 0.278. The minimum absolute atomic E-state index is 0.155. The van der Waals surface area contributed by atoms with Gasteiger partial charge in [-0.25, -0.2) is 0 Å². The predicted octanol–water partition coefficient (Wildman–Crippen LogP) is 4.35. The summed E-state index contributed by atoms with van der Waals surface area (Å²) in [4.78, 5) is 14.3. The lowest BCUT2D eigenvalue weighted by molar-refractivity contribution is 0.0968. The van der Waals surface area contributed by atoms with Crippen molar-refractivity contribution in [2.75, 3.05) is 13.6 Å². The Labute approximate surface area is 131 Å². The highest BCUT2D eigenvalue weighted by Crippen LogP contribution is 2.12. The molecule has 2 rings (SSSR count). The van der Waals surface area contributed by atoms with Crippen LogP contribution in [0.25, 0.3) is 0 Å². The van der Waals surface area contributed by atoms with E-state index in [1.807, 2.05) is 7.05 Å². The molecule has 0 radical (unpaired) electrons.